The van der Waals surface area contributed by atoms with E-state index in [-0.39, 0.29) is 59.1 Å². The van der Waals surface area contributed by atoms with Gasteiger partial charge in [0.15, 0.2) is 0 Å². The van der Waals surface area contributed by atoms with Gasteiger partial charge >= 0.3 is 59.1 Å². The number of carbonyl (C=O) groups excluding carboxylic acids is 3. The summed E-state index contributed by atoms with van der Waals surface area (Å²) in [6, 6.07) is 46.0. The van der Waals surface area contributed by atoms with Crippen LogP contribution in [0.15, 0.2) is 140 Å². The van der Waals surface area contributed by atoms with Gasteiger partial charge in [0.05, 0.1) is 41.3 Å². The molecule has 2 aliphatic rings. The second kappa shape index (κ2) is 19.9. The van der Waals surface area contributed by atoms with E-state index in [1.165, 1.54) is 0 Å². The number of aromatic amines is 2. The van der Waals surface area contributed by atoms with Gasteiger partial charge in [-0.2, -0.15) is 0 Å². The van der Waals surface area contributed by atoms with Crippen LogP contribution in [0.2, 0.25) is 0 Å². The maximum Gasteiger partial charge on any atom is 1.00 e. The fourth-order valence-electron chi connectivity index (χ4n) is 7.89. The Hall–Kier alpha value is -6.15. The third-order valence-corrected chi connectivity index (χ3v) is 10.5. The quantitative estimate of drug-likeness (QED) is 0.163. The number of aliphatic carboxylic acids is 2. The van der Waals surface area contributed by atoms with Crippen LogP contribution in [0.5, 0.6) is 0 Å². The molecule has 0 atom stereocenters. The molecule has 0 spiro atoms. The molecule has 0 fully saturated rings. The van der Waals surface area contributed by atoms with Gasteiger partial charge in [-0.1, -0.05) is 103 Å². The third kappa shape index (κ3) is 9.91. The molecule has 4 aromatic carbocycles. The van der Waals surface area contributed by atoms with Crippen molar-refractivity contribution in [2.75, 3.05) is 25.0 Å². The number of carboxylic acids is 2. The van der Waals surface area contributed by atoms with Crippen LogP contribution in [-0.4, -0.2) is 62.3 Å². The van der Waals surface area contributed by atoms with Gasteiger partial charge in [-0.25, -0.2) is 9.97 Å². The second-order valence-electron chi connectivity index (χ2n) is 14.6. The summed E-state index contributed by atoms with van der Waals surface area (Å²) >= 11 is 0. The second-order valence-corrected chi connectivity index (χ2v) is 14.6. The van der Waals surface area contributed by atoms with E-state index < -0.39 is 37.5 Å². The molecule has 8 bridgehead atoms. The average molecular weight is 847 g/mol. The fourth-order valence-corrected chi connectivity index (χ4v) is 7.89. The number of hydrogen-bond acceptors (Lipinski definition) is 8. The van der Waals surface area contributed by atoms with E-state index in [4.69, 9.17) is 9.97 Å². The molecule has 63 heavy (non-hydrogen) atoms. The van der Waals surface area contributed by atoms with Gasteiger partial charge in [0.25, 0.3) is 0 Å². The Morgan fingerprint density at radius 1 is 0.444 bits per heavy atom. The number of hydrogen-bond donors (Lipinski definition) is 3. The molecule has 11 nitrogen and oxygen atoms in total. The van der Waals surface area contributed by atoms with Crippen LogP contribution in [0.1, 0.15) is 22.8 Å². The number of amides is 1. The Balaban J connectivity index is 0.00000298. The molecule has 13 heteroatoms. The number of fused-ring (bicyclic) bond motifs is 8. The van der Waals surface area contributed by atoms with Crippen LogP contribution in [0.4, 0.5) is 5.69 Å². The molecule has 0 radical (unpaired) electrons. The molecular weight excluding hydrogens is 811 g/mol. The SMILES string of the molecule is O=C([O-])CN(CC(=O)[O-])CC(=O)Nc1ccc(-c2c3nc(c(-c4ccccc4)c4ccc([nH]4)c(-c4ccccc4)c4nc(c(-c5ccccc5)c5ccc2[nH]5)C=C4)C=C3)cc1.[Na+].[Na+]. The number of H-pyrrole nitrogens is 2. The Morgan fingerprint density at radius 2 is 0.762 bits per heavy atom. The molecular formula is C50H36N6Na2O5. The van der Waals surface area contributed by atoms with E-state index in [1.54, 1.807) is 12.1 Å². The van der Waals surface area contributed by atoms with E-state index in [1.807, 2.05) is 91.0 Å². The van der Waals surface area contributed by atoms with Gasteiger partial charge in [-0.3, -0.25) is 9.69 Å². The number of nitrogens with zero attached hydrogens (tertiary/aromatic N) is 3. The summed E-state index contributed by atoms with van der Waals surface area (Å²) in [4.78, 5) is 54.3. The first-order valence-electron chi connectivity index (χ1n) is 19.6. The minimum Gasteiger partial charge on any atom is -0.549 e. The molecule has 2 aliphatic heterocycles. The molecule has 0 unspecified atom stereocenters. The van der Waals surface area contributed by atoms with Gasteiger partial charge in [0.2, 0.25) is 5.91 Å². The van der Waals surface area contributed by atoms with E-state index in [0.29, 0.717) is 11.4 Å². The molecule has 1 amide bonds. The minimum atomic E-state index is -1.51. The number of benzene rings is 4. The van der Waals surface area contributed by atoms with Crippen molar-refractivity contribution in [1.82, 2.24) is 24.8 Å². The van der Waals surface area contributed by atoms with E-state index in [2.05, 4.69) is 76.0 Å². The largest absolute Gasteiger partial charge is 1.00 e. The Morgan fingerprint density at radius 3 is 1.08 bits per heavy atom. The number of carboxylic acid groups (broad SMARTS) is 2. The number of aromatic nitrogens is 4. The Kier molecular flexibility index (Phi) is 14.2. The zero-order valence-electron chi connectivity index (χ0n) is 34.6. The van der Waals surface area contributed by atoms with Crippen LogP contribution >= 0.6 is 0 Å². The smallest absolute Gasteiger partial charge is 0.549 e. The summed E-state index contributed by atoms with van der Waals surface area (Å²) in [6.07, 6.45) is 8.15. The first kappa shape index (κ1) is 44.9. The maximum absolute atomic E-state index is 12.9. The topological polar surface area (TPSA) is 170 Å². The van der Waals surface area contributed by atoms with Gasteiger partial charge in [-0.05, 0) is 83.0 Å². The van der Waals surface area contributed by atoms with Crippen molar-refractivity contribution in [3.05, 3.63) is 162 Å². The zero-order chi connectivity index (χ0) is 41.9. The maximum atomic E-state index is 12.9. The fraction of sp³-hybridized carbons (Fsp3) is 0.0600. The first-order valence-corrected chi connectivity index (χ1v) is 19.6. The van der Waals surface area contributed by atoms with Crippen molar-refractivity contribution in [1.29, 1.82) is 0 Å². The monoisotopic (exact) mass is 846 g/mol. The van der Waals surface area contributed by atoms with Crippen molar-refractivity contribution < 1.29 is 83.7 Å². The minimum absolute atomic E-state index is 0. The van der Waals surface area contributed by atoms with Crippen molar-refractivity contribution in [2.45, 2.75) is 0 Å². The summed E-state index contributed by atoms with van der Waals surface area (Å²) < 4.78 is 0. The summed E-state index contributed by atoms with van der Waals surface area (Å²) in [6.45, 7) is -1.96. The predicted molar refractivity (Wildman–Crippen MR) is 236 cm³/mol. The first-order chi connectivity index (χ1) is 29.8. The van der Waals surface area contributed by atoms with Crippen LogP contribution < -0.4 is 74.6 Å². The van der Waals surface area contributed by atoms with E-state index >= 15 is 0 Å². The molecule has 0 aliphatic carbocycles. The van der Waals surface area contributed by atoms with Crippen LogP contribution in [0.3, 0.4) is 0 Å². The Labute approximate surface area is 406 Å². The predicted octanol–water partition coefficient (Wildman–Crippen LogP) is 1.07. The van der Waals surface area contributed by atoms with Crippen LogP contribution in [0, 0.1) is 0 Å². The normalized spacial score (nSPS) is 11.4. The van der Waals surface area contributed by atoms with Gasteiger partial charge < -0.3 is 35.1 Å². The zero-order valence-corrected chi connectivity index (χ0v) is 38.6. The van der Waals surface area contributed by atoms with Crippen molar-refractivity contribution in [3.63, 3.8) is 0 Å². The number of nitrogens with one attached hydrogen (secondary N) is 3. The summed E-state index contributed by atoms with van der Waals surface area (Å²) in [5, 5.41) is 25.1. The molecule has 3 N–H and O–H groups in total. The average Bonchev–Trinajstić information content (AvgIpc) is 4.10. The molecule has 0 saturated heterocycles. The molecule has 0 saturated carbocycles. The molecule has 5 heterocycles. The number of anilines is 1. The van der Waals surface area contributed by atoms with Crippen molar-refractivity contribution in [2.24, 2.45) is 0 Å². The van der Waals surface area contributed by atoms with Gasteiger partial charge in [0.1, 0.15) is 0 Å². The Bertz CT molecular complexity index is 3000. The summed E-state index contributed by atoms with van der Waals surface area (Å²) in [5.74, 6) is -3.61. The molecule has 7 aromatic rings. The third-order valence-electron chi connectivity index (χ3n) is 10.5. The molecule has 298 valence electrons. The number of rotatable bonds is 11. The standard InChI is InChI=1S/C50H38N6O5.2Na/c57-44(28-56(29-45(58)59)30-46(60)61)51-35-18-16-34(17-19-35)50-42-26-24-40(54-42)48(32-12-6-2-7-13-32)38-22-20-36(52-38)47(31-10-4-1-5-11-31)37-21-23-39(53-37)49(33-14-8-3-9-15-33)41-25-27-43(50)55-41;;/h1-27,52,55H,28-30H2,(H,51,57)(H,58,59)(H,60,61);;/q;2*+1/p-2. The van der Waals surface area contributed by atoms with Crippen LogP contribution in [0.25, 0.3) is 90.9 Å². The molecule has 9 rings (SSSR count). The van der Waals surface area contributed by atoms with E-state index in [0.717, 1.165) is 88.6 Å². The van der Waals surface area contributed by atoms with E-state index in [9.17, 15) is 24.6 Å². The van der Waals surface area contributed by atoms with Crippen molar-refractivity contribution in [3.8, 4) is 44.5 Å². The summed E-state index contributed by atoms with van der Waals surface area (Å²) in [5.41, 5.74) is 14.4. The van der Waals surface area contributed by atoms with Crippen molar-refractivity contribution >= 4 is 69.9 Å². The molecule has 3 aromatic heterocycles. The van der Waals surface area contributed by atoms with Gasteiger partial charge in [0, 0.05) is 63.1 Å². The van der Waals surface area contributed by atoms with Crippen LogP contribution in [-0.2, 0) is 14.4 Å². The summed E-state index contributed by atoms with van der Waals surface area (Å²) in [7, 11) is 0. The number of carbonyl (C=O) groups is 3. The van der Waals surface area contributed by atoms with Gasteiger partial charge in [-0.15, -0.1) is 0 Å².